The predicted octanol–water partition coefficient (Wildman–Crippen LogP) is 1.77. The van der Waals surface area contributed by atoms with Crippen molar-refractivity contribution < 1.29 is 4.74 Å². The Kier molecular flexibility index (Phi) is 2.84. The molecule has 0 radical (unpaired) electrons. The van der Waals surface area contributed by atoms with Gasteiger partial charge in [-0.15, -0.1) is 0 Å². The zero-order valence-electron chi connectivity index (χ0n) is 8.42. The summed E-state index contributed by atoms with van der Waals surface area (Å²) in [5.74, 6) is 0.923. The predicted molar refractivity (Wildman–Crippen MR) is 57.7 cm³/mol. The molecule has 2 heteroatoms. The lowest BCUT2D eigenvalue weighted by atomic mass is 10.1. The van der Waals surface area contributed by atoms with Crippen LogP contribution in [0, 0.1) is 0 Å². The van der Waals surface area contributed by atoms with Gasteiger partial charge in [0.1, 0.15) is 5.75 Å². The summed E-state index contributed by atoms with van der Waals surface area (Å²) >= 11 is 0. The molecule has 14 heavy (non-hydrogen) atoms. The zero-order valence-corrected chi connectivity index (χ0v) is 8.42. The van der Waals surface area contributed by atoms with Gasteiger partial charge < -0.3 is 10.1 Å². The average molecular weight is 189 g/mol. The van der Waals surface area contributed by atoms with E-state index in [-0.39, 0.29) is 0 Å². The maximum absolute atomic E-state index is 5.11. The summed E-state index contributed by atoms with van der Waals surface area (Å²) in [5, 5.41) is 3.30. The molecule has 0 bridgehead atoms. The Bertz CT molecular complexity index is 327. The highest BCUT2D eigenvalue weighted by atomic mass is 16.5. The molecule has 1 N–H and O–H groups in total. The van der Waals surface area contributed by atoms with Gasteiger partial charge in [-0.2, -0.15) is 0 Å². The first-order valence-corrected chi connectivity index (χ1v) is 4.90. The summed E-state index contributed by atoms with van der Waals surface area (Å²) in [4.78, 5) is 0. The third-order valence-electron chi connectivity index (χ3n) is 2.48. The zero-order chi connectivity index (χ0) is 9.80. The van der Waals surface area contributed by atoms with Crippen molar-refractivity contribution in [1.82, 2.24) is 5.32 Å². The molecular formula is C12H15NO. The topological polar surface area (TPSA) is 21.3 Å². The summed E-state index contributed by atoms with van der Waals surface area (Å²) in [6.07, 6.45) is 3.32. The van der Waals surface area contributed by atoms with Crippen molar-refractivity contribution in [2.75, 3.05) is 20.2 Å². The van der Waals surface area contributed by atoms with Crippen LogP contribution in [0.5, 0.6) is 5.75 Å². The van der Waals surface area contributed by atoms with Crippen LogP contribution in [0.25, 0.3) is 0 Å². The van der Waals surface area contributed by atoms with Crippen LogP contribution in [0.4, 0.5) is 0 Å². The average Bonchev–Trinajstić information content (AvgIpc) is 2.72. The quantitative estimate of drug-likeness (QED) is 0.732. The first-order chi connectivity index (χ1) is 6.88. The molecule has 0 spiro atoms. The summed E-state index contributed by atoms with van der Waals surface area (Å²) in [6.45, 7) is 2.05. The van der Waals surface area contributed by atoms with Crippen molar-refractivity contribution in [3.8, 4) is 5.75 Å². The fourth-order valence-electron chi connectivity index (χ4n) is 1.66. The number of rotatable bonds is 3. The minimum Gasteiger partial charge on any atom is -0.497 e. The van der Waals surface area contributed by atoms with Gasteiger partial charge in [0.25, 0.3) is 0 Å². The van der Waals surface area contributed by atoms with Crippen LogP contribution < -0.4 is 10.1 Å². The molecule has 0 fully saturated rings. The van der Waals surface area contributed by atoms with Crippen LogP contribution in [-0.2, 0) is 6.42 Å². The number of hydrogen-bond acceptors (Lipinski definition) is 2. The van der Waals surface area contributed by atoms with Crippen molar-refractivity contribution in [3.63, 3.8) is 0 Å². The highest BCUT2D eigenvalue weighted by molar-refractivity contribution is 5.30. The molecule has 0 aliphatic carbocycles. The molecular weight excluding hydrogens is 174 g/mol. The Morgan fingerprint density at radius 1 is 1.29 bits per heavy atom. The SMILES string of the molecule is COc1ccc(CC2=CCNC2)cc1. The number of ether oxygens (including phenoxy) is 1. The lowest BCUT2D eigenvalue weighted by Gasteiger charge is -2.03. The standard InChI is InChI=1S/C12H15NO/c1-14-12-4-2-10(3-5-12)8-11-6-7-13-9-11/h2-6,13H,7-9H2,1H3. The Morgan fingerprint density at radius 3 is 2.64 bits per heavy atom. The van der Waals surface area contributed by atoms with E-state index in [1.54, 1.807) is 7.11 Å². The normalized spacial score (nSPS) is 15.4. The fourth-order valence-corrected chi connectivity index (χ4v) is 1.66. The van der Waals surface area contributed by atoms with E-state index in [4.69, 9.17) is 4.74 Å². The summed E-state index contributed by atoms with van der Waals surface area (Å²) in [5.41, 5.74) is 2.83. The van der Waals surface area contributed by atoms with Crippen molar-refractivity contribution >= 4 is 0 Å². The van der Waals surface area contributed by atoms with Gasteiger partial charge >= 0.3 is 0 Å². The van der Waals surface area contributed by atoms with Crippen molar-refractivity contribution in [2.45, 2.75) is 6.42 Å². The van der Waals surface area contributed by atoms with Crippen LogP contribution in [-0.4, -0.2) is 20.2 Å². The van der Waals surface area contributed by atoms with E-state index in [0.29, 0.717) is 0 Å². The van der Waals surface area contributed by atoms with E-state index < -0.39 is 0 Å². The lowest BCUT2D eigenvalue weighted by Crippen LogP contribution is -2.08. The van der Waals surface area contributed by atoms with Gasteiger partial charge in [0.2, 0.25) is 0 Å². The number of hydrogen-bond donors (Lipinski definition) is 1. The molecule has 1 aliphatic heterocycles. The molecule has 0 aromatic heterocycles. The van der Waals surface area contributed by atoms with Crippen LogP contribution in [0.2, 0.25) is 0 Å². The van der Waals surface area contributed by atoms with E-state index in [2.05, 4.69) is 23.5 Å². The van der Waals surface area contributed by atoms with Crippen molar-refractivity contribution in [3.05, 3.63) is 41.5 Å². The highest BCUT2D eigenvalue weighted by Gasteiger charge is 2.04. The Hall–Kier alpha value is -1.28. The van der Waals surface area contributed by atoms with Crippen molar-refractivity contribution in [2.24, 2.45) is 0 Å². The summed E-state index contributed by atoms with van der Waals surface area (Å²) < 4.78 is 5.11. The second-order valence-electron chi connectivity index (χ2n) is 3.52. The molecule has 2 nitrogen and oxygen atoms in total. The van der Waals surface area contributed by atoms with Crippen LogP contribution in [0.3, 0.4) is 0 Å². The van der Waals surface area contributed by atoms with Gasteiger partial charge in [-0.25, -0.2) is 0 Å². The summed E-state index contributed by atoms with van der Waals surface area (Å²) in [6, 6.07) is 8.27. The van der Waals surface area contributed by atoms with Gasteiger partial charge in [0.15, 0.2) is 0 Å². The molecule has 1 aromatic rings. The Morgan fingerprint density at radius 2 is 2.07 bits per heavy atom. The minimum atomic E-state index is 0.923. The maximum atomic E-state index is 5.11. The van der Waals surface area contributed by atoms with Crippen LogP contribution >= 0.6 is 0 Å². The summed E-state index contributed by atoms with van der Waals surface area (Å²) in [7, 11) is 1.69. The molecule has 0 amide bonds. The van der Waals surface area contributed by atoms with Gasteiger partial charge in [0, 0.05) is 13.1 Å². The third kappa shape index (κ3) is 2.15. The van der Waals surface area contributed by atoms with E-state index in [1.807, 2.05) is 12.1 Å². The monoisotopic (exact) mass is 189 g/mol. The number of nitrogens with one attached hydrogen (secondary N) is 1. The van der Waals surface area contributed by atoms with Crippen LogP contribution in [0.1, 0.15) is 5.56 Å². The van der Waals surface area contributed by atoms with Gasteiger partial charge in [0.05, 0.1) is 7.11 Å². The van der Waals surface area contributed by atoms with Gasteiger partial charge in [-0.3, -0.25) is 0 Å². The molecule has 2 rings (SSSR count). The molecule has 0 unspecified atom stereocenters. The molecule has 1 heterocycles. The Balaban J connectivity index is 2.02. The molecule has 74 valence electrons. The second kappa shape index (κ2) is 4.29. The first-order valence-electron chi connectivity index (χ1n) is 4.90. The number of benzene rings is 1. The lowest BCUT2D eigenvalue weighted by molar-refractivity contribution is 0.414. The van der Waals surface area contributed by atoms with Gasteiger partial charge in [-0.1, -0.05) is 23.8 Å². The van der Waals surface area contributed by atoms with E-state index >= 15 is 0 Å². The Labute approximate surface area is 84.6 Å². The van der Waals surface area contributed by atoms with Gasteiger partial charge in [-0.05, 0) is 24.1 Å². The smallest absolute Gasteiger partial charge is 0.118 e. The minimum absolute atomic E-state index is 0.923. The molecule has 0 saturated heterocycles. The molecule has 1 aromatic carbocycles. The largest absolute Gasteiger partial charge is 0.497 e. The number of methoxy groups -OCH3 is 1. The molecule has 1 aliphatic rings. The second-order valence-corrected chi connectivity index (χ2v) is 3.52. The van der Waals surface area contributed by atoms with E-state index in [0.717, 1.165) is 25.3 Å². The maximum Gasteiger partial charge on any atom is 0.118 e. The third-order valence-corrected chi connectivity index (χ3v) is 2.48. The van der Waals surface area contributed by atoms with E-state index in [9.17, 15) is 0 Å². The highest BCUT2D eigenvalue weighted by Crippen LogP contribution is 2.14. The van der Waals surface area contributed by atoms with Crippen molar-refractivity contribution in [1.29, 1.82) is 0 Å². The first kappa shape index (κ1) is 9.28. The molecule has 0 atom stereocenters. The molecule has 0 saturated carbocycles. The van der Waals surface area contributed by atoms with Crippen LogP contribution in [0.15, 0.2) is 35.9 Å². The van der Waals surface area contributed by atoms with E-state index in [1.165, 1.54) is 11.1 Å². The fraction of sp³-hybridized carbons (Fsp3) is 0.333.